The lowest BCUT2D eigenvalue weighted by Crippen LogP contribution is -2.57. The van der Waals surface area contributed by atoms with Crippen molar-refractivity contribution >= 4 is 23.3 Å². The van der Waals surface area contributed by atoms with E-state index in [1.165, 1.54) is 0 Å². The molecule has 1 amide bonds. The first-order chi connectivity index (χ1) is 11.7. The van der Waals surface area contributed by atoms with Gasteiger partial charge < -0.3 is 19.3 Å². The van der Waals surface area contributed by atoms with E-state index in [9.17, 15) is 4.79 Å². The largest absolute Gasteiger partial charge is 0.378 e. The zero-order chi connectivity index (χ0) is 18.2. The SMILES string of the molecule is CC1(C)CN(c2ncc(C(=O)N3CCOCC3)cc2Cl)CC(C)(C)O1. The molecule has 0 saturated carbocycles. The molecule has 0 atom stereocenters. The Labute approximate surface area is 154 Å². The highest BCUT2D eigenvalue weighted by atomic mass is 35.5. The van der Waals surface area contributed by atoms with Crippen LogP contribution < -0.4 is 4.90 Å². The molecule has 3 rings (SSSR count). The first-order valence-electron chi connectivity index (χ1n) is 8.65. The highest BCUT2D eigenvalue weighted by Crippen LogP contribution is 2.34. The minimum Gasteiger partial charge on any atom is -0.378 e. The van der Waals surface area contributed by atoms with Crippen LogP contribution in [0.3, 0.4) is 0 Å². The van der Waals surface area contributed by atoms with Crippen LogP contribution in [0.15, 0.2) is 12.3 Å². The molecule has 2 saturated heterocycles. The van der Waals surface area contributed by atoms with Crippen LogP contribution in [0, 0.1) is 0 Å². The summed E-state index contributed by atoms with van der Waals surface area (Å²) in [6.07, 6.45) is 1.62. The molecule has 7 heteroatoms. The van der Waals surface area contributed by atoms with Gasteiger partial charge in [-0.1, -0.05) is 11.6 Å². The second kappa shape index (κ2) is 6.74. The van der Waals surface area contributed by atoms with Crippen LogP contribution in [0.25, 0.3) is 0 Å². The van der Waals surface area contributed by atoms with Crippen molar-refractivity contribution in [1.29, 1.82) is 0 Å². The Bertz CT molecular complexity index is 641. The number of carbonyl (C=O) groups is 1. The fraction of sp³-hybridized carbons (Fsp3) is 0.667. The van der Waals surface area contributed by atoms with Gasteiger partial charge in [0, 0.05) is 32.4 Å². The van der Waals surface area contributed by atoms with Crippen molar-refractivity contribution in [2.75, 3.05) is 44.3 Å². The highest BCUT2D eigenvalue weighted by Gasteiger charge is 2.39. The van der Waals surface area contributed by atoms with E-state index in [2.05, 4.69) is 37.6 Å². The molecule has 0 unspecified atom stereocenters. The molecule has 2 aliphatic rings. The molecule has 0 radical (unpaired) electrons. The molecule has 2 aliphatic heterocycles. The maximum atomic E-state index is 12.6. The average molecular weight is 368 g/mol. The Balaban J connectivity index is 1.81. The predicted octanol–water partition coefficient (Wildman–Crippen LogP) is 2.60. The fourth-order valence-corrected chi connectivity index (χ4v) is 3.95. The summed E-state index contributed by atoms with van der Waals surface area (Å²) in [5.74, 6) is 0.650. The van der Waals surface area contributed by atoms with Crippen LogP contribution in [0.4, 0.5) is 5.82 Å². The Morgan fingerprint density at radius 3 is 2.32 bits per heavy atom. The number of ether oxygens (including phenoxy) is 2. The van der Waals surface area contributed by atoms with Gasteiger partial charge in [0.15, 0.2) is 0 Å². The third kappa shape index (κ3) is 4.25. The quantitative estimate of drug-likeness (QED) is 0.804. The monoisotopic (exact) mass is 367 g/mol. The summed E-state index contributed by atoms with van der Waals surface area (Å²) in [6, 6.07) is 1.72. The Hall–Kier alpha value is -1.37. The number of pyridine rings is 1. The summed E-state index contributed by atoms with van der Waals surface area (Å²) in [4.78, 5) is 21.0. The number of carbonyl (C=O) groups excluding carboxylic acids is 1. The van der Waals surface area contributed by atoms with E-state index in [4.69, 9.17) is 21.1 Å². The van der Waals surface area contributed by atoms with Gasteiger partial charge in [-0.3, -0.25) is 4.79 Å². The van der Waals surface area contributed by atoms with E-state index in [0.717, 1.165) is 0 Å². The second-order valence-electron chi connectivity index (χ2n) is 7.91. The third-order valence-corrected chi connectivity index (χ3v) is 4.64. The zero-order valence-corrected chi connectivity index (χ0v) is 16.1. The van der Waals surface area contributed by atoms with Gasteiger partial charge in [0.1, 0.15) is 5.82 Å². The van der Waals surface area contributed by atoms with Gasteiger partial charge in [-0.2, -0.15) is 0 Å². The molecule has 0 spiro atoms. The lowest BCUT2D eigenvalue weighted by atomic mass is 9.99. The smallest absolute Gasteiger partial charge is 0.255 e. The van der Waals surface area contributed by atoms with Crippen molar-refractivity contribution in [1.82, 2.24) is 9.88 Å². The van der Waals surface area contributed by atoms with Crippen molar-refractivity contribution in [3.63, 3.8) is 0 Å². The van der Waals surface area contributed by atoms with Gasteiger partial charge in [0.25, 0.3) is 5.91 Å². The molecule has 1 aromatic heterocycles. The zero-order valence-electron chi connectivity index (χ0n) is 15.3. The summed E-state index contributed by atoms with van der Waals surface area (Å²) in [7, 11) is 0. The summed E-state index contributed by atoms with van der Waals surface area (Å²) in [5, 5.41) is 0.493. The van der Waals surface area contributed by atoms with E-state index in [0.29, 0.717) is 55.8 Å². The Kier molecular flexibility index (Phi) is 4.97. The summed E-state index contributed by atoms with van der Waals surface area (Å²) >= 11 is 6.49. The number of hydrogen-bond donors (Lipinski definition) is 0. The molecule has 6 nitrogen and oxygen atoms in total. The number of hydrogen-bond acceptors (Lipinski definition) is 5. The van der Waals surface area contributed by atoms with Crippen LogP contribution in [0.2, 0.25) is 5.02 Å². The molecular weight excluding hydrogens is 342 g/mol. The van der Waals surface area contributed by atoms with E-state index in [-0.39, 0.29) is 17.1 Å². The van der Waals surface area contributed by atoms with Crippen molar-refractivity contribution in [3.8, 4) is 0 Å². The third-order valence-electron chi connectivity index (χ3n) is 4.36. The average Bonchev–Trinajstić information content (AvgIpc) is 2.52. The van der Waals surface area contributed by atoms with E-state index < -0.39 is 0 Å². The molecule has 0 N–H and O–H groups in total. The van der Waals surface area contributed by atoms with Crippen LogP contribution in [0.1, 0.15) is 38.1 Å². The minimum atomic E-state index is -0.297. The highest BCUT2D eigenvalue weighted by molar-refractivity contribution is 6.33. The van der Waals surface area contributed by atoms with Crippen molar-refractivity contribution in [2.24, 2.45) is 0 Å². The number of amides is 1. The van der Waals surface area contributed by atoms with Gasteiger partial charge in [-0.05, 0) is 33.8 Å². The number of morpholine rings is 2. The van der Waals surface area contributed by atoms with Gasteiger partial charge in [-0.15, -0.1) is 0 Å². The molecule has 138 valence electrons. The number of anilines is 1. The maximum absolute atomic E-state index is 12.6. The van der Waals surface area contributed by atoms with Crippen molar-refractivity contribution in [2.45, 2.75) is 38.9 Å². The molecule has 1 aromatic rings. The van der Waals surface area contributed by atoms with Crippen molar-refractivity contribution in [3.05, 3.63) is 22.8 Å². The summed E-state index contributed by atoms with van der Waals surface area (Å²) < 4.78 is 11.4. The molecular formula is C18H26ClN3O3. The Morgan fingerprint density at radius 2 is 1.76 bits per heavy atom. The van der Waals surface area contributed by atoms with Gasteiger partial charge in [0.05, 0.1) is 35.0 Å². The topological polar surface area (TPSA) is 54.9 Å². The van der Waals surface area contributed by atoms with E-state index in [1.807, 2.05) is 0 Å². The minimum absolute atomic E-state index is 0.0492. The van der Waals surface area contributed by atoms with Gasteiger partial charge >= 0.3 is 0 Å². The predicted molar refractivity (Wildman–Crippen MR) is 97.4 cm³/mol. The lowest BCUT2D eigenvalue weighted by Gasteiger charge is -2.47. The number of nitrogens with zero attached hydrogens (tertiary/aromatic N) is 3. The summed E-state index contributed by atoms with van der Waals surface area (Å²) in [5.41, 5.74) is -0.0770. The first-order valence-corrected chi connectivity index (χ1v) is 9.02. The fourth-order valence-electron chi connectivity index (χ4n) is 3.67. The Morgan fingerprint density at radius 1 is 1.16 bits per heavy atom. The van der Waals surface area contributed by atoms with Crippen LogP contribution >= 0.6 is 11.6 Å². The van der Waals surface area contributed by atoms with Crippen LogP contribution in [0.5, 0.6) is 0 Å². The maximum Gasteiger partial charge on any atom is 0.255 e. The molecule has 0 bridgehead atoms. The molecule has 0 aliphatic carbocycles. The molecule has 2 fully saturated rings. The lowest BCUT2D eigenvalue weighted by molar-refractivity contribution is -0.133. The number of rotatable bonds is 2. The second-order valence-corrected chi connectivity index (χ2v) is 8.32. The van der Waals surface area contributed by atoms with Crippen LogP contribution in [-0.4, -0.2) is 66.4 Å². The van der Waals surface area contributed by atoms with Gasteiger partial charge in [-0.25, -0.2) is 4.98 Å². The van der Waals surface area contributed by atoms with E-state index >= 15 is 0 Å². The van der Waals surface area contributed by atoms with E-state index in [1.54, 1.807) is 17.2 Å². The molecule has 3 heterocycles. The van der Waals surface area contributed by atoms with Gasteiger partial charge in [0.2, 0.25) is 0 Å². The first kappa shape index (κ1) is 18.4. The molecule has 25 heavy (non-hydrogen) atoms. The van der Waals surface area contributed by atoms with Crippen LogP contribution in [-0.2, 0) is 9.47 Å². The standard InChI is InChI=1S/C18H26ClN3O3/c1-17(2)11-22(12-18(3,4)25-17)15-14(19)9-13(10-20-15)16(23)21-5-7-24-8-6-21/h9-10H,5-8,11-12H2,1-4H3. The van der Waals surface area contributed by atoms with Crippen molar-refractivity contribution < 1.29 is 14.3 Å². The summed E-state index contributed by atoms with van der Waals surface area (Å²) in [6.45, 7) is 12.0. The normalized spacial score (nSPS) is 22.8. The number of halogens is 1. The number of aromatic nitrogens is 1. The molecule has 0 aromatic carbocycles.